The van der Waals surface area contributed by atoms with Gasteiger partial charge in [0.2, 0.25) is 5.82 Å². The van der Waals surface area contributed by atoms with E-state index in [0.717, 1.165) is 11.3 Å². The predicted molar refractivity (Wildman–Crippen MR) is 85.4 cm³/mol. The van der Waals surface area contributed by atoms with Gasteiger partial charge in [-0.25, -0.2) is 4.79 Å². The summed E-state index contributed by atoms with van der Waals surface area (Å²) in [5, 5.41) is 6.93. The minimum absolute atomic E-state index is 0.285. The monoisotopic (exact) mass is 309 g/mol. The molecule has 0 spiro atoms. The molecule has 6 heteroatoms. The van der Waals surface area contributed by atoms with Crippen LogP contribution in [0.4, 0.5) is 11.7 Å². The van der Waals surface area contributed by atoms with Crippen LogP contribution in [0.3, 0.4) is 0 Å². The minimum Gasteiger partial charge on any atom is -0.462 e. The van der Waals surface area contributed by atoms with Gasteiger partial charge in [-0.15, -0.1) is 0 Å². The molecule has 0 aliphatic rings. The molecule has 0 amide bonds. The van der Waals surface area contributed by atoms with E-state index in [4.69, 9.17) is 9.26 Å². The highest BCUT2D eigenvalue weighted by Crippen LogP contribution is 2.20. The molecule has 1 heterocycles. The Morgan fingerprint density at radius 1 is 1.13 bits per heavy atom. The molecule has 3 rings (SSSR count). The van der Waals surface area contributed by atoms with E-state index in [1.165, 1.54) is 0 Å². The number of rotatable bonds is 5. The van der Waals surface area contributed by atoms with Crippen LogP contribution in [-0.4, -0.2) is 22.7 Å². The lowest BCUT2D eigenvalue weighted by Gasteiger charge is -2.03. The standard InChI is InChI=1S/C17H15N3O3/c1-2-22-16(21)13-8-10-14(11-9-13)18-17-19-15(20-23-17)12-6-4-3-5-7-12/h3-11H,2H2,1H3,(H,18,19,20). The fourth-order valence-electron chi connectivity index (χ4n) is 2.01. The van der Waals surface area contributed by atoms with Crippen molar-refractivity contribution >= 4 is 17.7 Å². The summed E-state index contributed by atoms with van der Waals surface area (Å²) in [7, 11) is 0. The first-order valence-corrected chi connectivity index (χ1v) is 7.19. The second-order valence-electron chi connectivity index (χ2n) is 4.71. The molecule has 0 aliphatic heterocycles. The Morgan fingerprint density at radius 2 is 1.87 bits per heavy atom. The number of nitrogens with zero attached hydrogens (tertiary/aromatic N) is 2. The van der Waals surface area contributed by atoms with Gasteiger partial charge in [0, 0.05) is 11.3 Å². The fourth-order valence-corrected chi connectivity index (χ4v) is 2.01. The molecule has 1 aromatic heterocycles. The molecule has 1 N–H and O–H groups in total. The van der Waals surface area contributed by atoms with Crippen LogP contribution in [0.25, 0.3) is 11.4 Å². The van der Waals surface area contributed by atoms with E-state index in [1.807, 2.05) is 30.3 Å². The van der Waals surface area contributed by atoms with Crippen LogP contribution in [0.15, 0.2) is 59.1 Å². The molecule has 3 aromatic rings. The van der Waals surface area contributed by atoms with Gasteiger partial charge in [0.05, 0.1) is 12.2 Å². The van der Waals surface area contributed by atoms with Crippen LogP contribution >= 0.6 is 0 Å². The van der Waals surface area contributed by atoms with Crippen LogP contribution < -0.4 is 5.32 Å². The second kappa shape index (κ2) is 6.74. The molecule has 0 atom stereocenters. The summed E-state index contributed by atoms with van der Waals surface area (Å²) < 4.78 is 10.1. The lowest BCUT2D eigenvalue weighted by atomic mass is 10.2. The van der Waals surface area contributed by atoms with E-state index in [1.54, 1.807) is 31.2 Å². The normalized spacial score (nSPS) is 10.3. The molecule has 0 fully saturated rings. The molecule has 0 saturated heterocycles. The molecular weight excluding hydrogens is 294 g/mol. The molecular formula is C17H15N3O3. The largest absolute Gasteiger partial charge is 0.462 e. The SMILES string of the molecule is CCOC(=O)c1ccc(Nc2nc(-c3ccccc3)no2)cc1. The molecule has 6 nitrogen and oxygen atoms in total. The third-order valence-corrected chi connectivity index (χ3v) is 3.11. The molecule has 0 aliphatic carbocycles. The maximum absolute atomic E-state index is 11.6. The number of benzene rings is 2. The van der Waals surface area contributed by atoms with Crippen molar-refractivity contribution in [2.45, 2.75) is 6.92 Å². The Kier molecular flexibility index (Phi) is 4.33. The van der Waals surface area contributed by atoms with E-state index in [2.05, 4.69) is 15.5 Å². The summed E-state index contributed by atoms with van der Waals surface area (Å²) in [6, 6.07) is 16.7. The van der Waals surface area contributed by atoms with Gasteiger partial charge in [0.25, 0.3) is 0 Å². The molecule has 116 valence electrons. The molecule has 0 bridgehead atoms. The van der Waals surface area contributed by atoms with Crippen LogP contribution in [0.2, 0.25) is 0 Å². The third kappa shape index (κ3) is 3.55. The van der Waals surface area contributed by atoms with Gasteiger partial charge in [-0.05, 0) is 31.2 Å². The van der Waals surface area contributed by atoms with Crippen LogP contribution in [0, 0.1) is 0 Å². The lowest BCUT2D eigenvalue weighted by Crippen LogP contribution is -2.04. The first kappa shape index (κ1) is 14.8. The predicted octanol–water partition coefficient (Wildman–Crippen LogP) is 3.66. The van der Waals surface area contributed by atoms with E-state index < -0.39 is 0 Å². The van der Waals surface area contributed by atoms with Gasteiger partial charge in [0.1, 0.15) is 0 Å². The lowest BCUT2D eigenvalue weighted by molar-refractivity contribution is 0.0526. The highest BCUT2D eigenvalue weighted by molar-refractivity contribution is 5.89. The number of ether oxygens (including phenoxy) is 1. The summed E-state index contributed by atoms with van der Waals surface area (Å²) in [5.41, 5.74) is 2.11. The number of carbonyl (C=O) groups is 1. The molecule has 2 aromatic carbocycles. The fraction of sp³-hybridized carbons (Fsp3) is 0.118. The van der Waals surface area contributed by atoms with Gasteiger partial charge in [-0.1, -0.05) is 35.5 Å². The number of hydrogen-bond donors (Lipinski definition) is 1. The van der Waals surface area contributed by atoms with Crippen molar-refractivity contribution in [1.29, 1.82) is 0 Å². The number of nitrogens with one attached hydrogen (secondary N) is 1. The van der Waals surface area contributed by atoms with Gasteiger partial charge in [-0.2, -0.15) is 4.98 Å². The van der Waals surface area contributed by atoms with Crippen LogP contribution in [0.5, 0.6) is 0 Å². The van der Waals surface area contributed by atoms with Crippen molar-refractivity contribution in [2.75, 3.05) is 11.9 Å². The summed E-state index contributed by atoms with van der Waals surface area (Å²) >= 11 is 0. The Labute approximate surface area is 133 Å². The van der Waals surface area contributed by atoms with Crippen molar-refractivity contribution < 1.29 is 14.1 Å². The molecule has 0 unspecified atom stereocenters. The quantitative estimate of drug-likeness (QED) is 0.725. The smallest absolute Gasteiger partial charge is 0.338 e. The first-order valence-electron chi connectivity index (χ1n) is 7.19. The Balaban J connectivity index is 1.70. The highest BCUT2D eigenvalue weighted by atomic mass is 16.5. The van der Waals surface area contributed by atoms with Crippen LogP contribution in [-0.2, 0) is 4.74 Å². The molecule has 0 saturated carbocycles. The van der Waals surface area contributed by atoms with Crippen molar-refractivity contribution in [3.8, 4) is 11.4 Å². The highest BCUT2D eigenvalue weighted by Gasteiger charge is 2.09. The Bertz CT molecular complexity index is 782. The average Bonchev–Trinajstić information content (AvgIpc) is 3.05. The van der Waals surface area contributed by atoms with Crippen molar-refractivity contribution in [1.82, 2.24) is 10.1 Å². The number of esters is 1. The molecule has 23 heavy (non-hydrogen) atoms. The second-order valence-corrected chi connectivity index (χ2v) is 4.71. The van der Waals surface area contributed by atoms with Gasteiger partial charge < -0.3 is 14.6 Å². The van der Waals surface area contributed by atoms with E-state index in [9.17, 15) is 4.79 Å². The maximum Gasteiger partial charge on any atom is 0.338 e. The molecule has 0 radical (unpaired) electrons. The van der Waals surface area contributed by atoms with Gasteiger partial charge in [-0.3, -0.25) is 0 Å². The minimum atomic E-state index is -0.344. The van der Waals surface area contributed by atoms with Crippen molar-refractivity contribution in [2.24, 2.45) is 0 Å². The summed E-state index contributed by atoms with van der Waals surface area (Å²) in [4.78, 5) is 15.9. The number of hydrogen-bond acceptors (Lipinski definition) is 6. The van der Waals surface area contributed by atoms with Crippen LogP contribution in [0.1, 0.15) is 17.3 Å². The van der Waals surface area contributed by atoms with Gasteiger partial charge in [0.15, 0.2) is 0 Å². The van der Waals surface area contributed by atoms with E-state index in [-0.39, 0.29) is 12.0 Å². The first-order chi connectivity index (χ1) is 11.3. The summed E-state index contributed by atoms with van der Waals surface area (Å²) in [6.07, 6.45) is 0. The van der Waals surface area contributed by atoms with Crippen molar-refractivity contribution in [3.05, 3.63) is 60.2 Å². The zero-order valence-electron chi connectivity index (χ0n) is 12.5. The van der Waals surface area contributed by atoms with E-state index >= 15 is 0 Å². The number of anilines is 2. The van der Waals surface area contributed by atoms with Gasteiger partial charge >= 0.3 is 12.0 Å². The number of carbonyl (C=O) groups excluding carboxylic acids is 1. The summed E-state index contributed by atoms with van der Waals surface area (Å²) in [6.45, 7) is 2.12. The van der Waals surface area contributed by atoms with Crippen molar-refractivity contribution in [3.63, 3.8) is 0 Å². The number of aromatic nitrogens is 2. The topological polar surface area (TPSA) is 77.2 Å². The summed E-state index contributed by atoms with van der Waals surface area (Å²) in [5.74, 6) is 0.166. The zero-order chi connectivity index (χ0) is 16.1. The third-order valence-electron chi connectivity index (χ3n) is 3.11. The average molecular weight is 309 g/mol. The maximum atomic E-state index is 11.6. The Hall–Kier alpha value is -3.15. The Morgan fingerprint density at radius 3 is 2.57 bits per heavy atom. The zero-order valence-corrected chi connectivity index (χ0v) is 12.5. The van der Waals surface area contributed by atoms with E-state index in [0.29, 0.717) is 18.0 Å².